The van der Waals surface area contributed by atoms with Crippen molar-refractivity contribution in [1.29, 1.82) is 0 Å². The fourth-order valence-electron chi connectivity index (χ4n) is 3.98. The molecule has 1 saturated carbocycles. The smallest absolute Gasteiger partial charge is 0.235 e. The summed E-state index contributed by atoms with van der Waals surface area (Å²) in [5, 5.41) is 3.00. The maximum atomic E-state index is 14.2. The van der Waals surface area contributed by atoms with E-state index in [4.69, 9.17) is 0 Å². The van der Waals surface area contributed by atoms with Gasteiger partial charge in [0, 0.05) is 30.0 Å². The Morgan fingerprint density at radius 2 is 1.64 bits per heavy atom. The predicted octanol–water partition coefficient (Wildman–Crippen LogP) is 4.49. The van der Waals surface area contributed by atoms with Crippen LogP contribution >= 0.6 is 0 Å². The normalized spacial score (nSPS) is 18.7. The Kier molecular flexibility index (Phi) is 4.20. The number of hydrogen-bond acceptors (Lipinski definition) is 2. The molecule has 0 radical (unpaired) electrons. The fourth-order valence-corrected chi connectivity index (χ4v) is 3.98. The molecule has 0 bridgehead atoms. The number of nitrogens with one attached hydrogen (secondary N) is 1. The summed E-state index contributed by atoms with van der Waals surface area (Å²) in [5.74, 6) is -0.389. The molecule has 2 aromatic carbocycles. The molecular formula is C21H23FN2O. The molecule has 0 atom stereocenters. The molecule has 1 heterocycles. The Bertz CT molecular complexity index is 762. The first kappa shape index (κ1) is 16.1. The molecule has 2 aliphatic rings. The summed E-state index contributed by atoms with van der Waals surface area (Å²) >= 11 is 0. The number of carbonyl (C=O) groups is 1. The molecule has 1 N–H and O–H groups in total. The van der Waals surface area contributed by atoms with E-state index in [0.717, 1.165) is 25.2 Å². The quantitative estimate of drug-likeness (QED) is 0.891. The fraction of sp³-hybridized carbons (Fsp3) is 0.381. The molecule has 3 nitrogen and oxygen atoms in total. The van der Waals surface area contributed by atoms with E-state index in [2.05, 4.69) is 22.3 Å². The highest BCUT2D eigenvalue weighted by atomic mass is 19.1. The third-order valence-electron chi connectivity index (χ3n) is 5.63. The molecule has 0 spiro atoms. The summed E-state index contributed by atoms with van der Waals surface area (Å²) in [6, 6.07) is 14.6. The van der Waals surface area contributed by atoms with Gasteiger partial charge in [0.25, 0.3) is 0 Å². The maximum absolute atomic E-state index is 14.2. The van der Waals surface area contributed by atoms with E-state index in [1.807, 2.05) is 12.1 Å². The zero-order valence-corrected chi connectivity index (χ0v) is 14.3. The number of amides is 1. The minimum absolute atomic E-state index is 0.0993. The van der Waals surface area contributed by atoms with Crippen molar-refractivity contribution in [2.45, 2.75) is 37.5 Å². The lowest BCUT2D eigenvalue weighted by atomic mass is 9.63. The summed E-state index contributed by atoms with van der Waals surface area (Å²) in [6.07, 6.45) is 4.83. The van der Waals surface area contributed by atoms with Crippen molar-refractivity contribution in [3.05, 3.63) is 59.9 Å². The summed E-state index contributed by atoms with van der Waals surface area (Å²) in [4.78, 5) is 15.3. The first-order chi connectivity index (χ1) is 12.2. The van der Waals surface area contributed by atoms with Crippen molar-refractivity contribution in [1.82, 2.24) is 0 Å². The lowest BCUT2D eigenvalue weighted by Crippen LogP contribution is -2.46. The average molecular weight is 338 g/mol. The van der Waals surface area contributed by atoms with Gasteiger partial charge in [0.05, 0.1) is 5.41 Å². The minimum atomic E-state index is -0.723. The van der Waals surface area contributed by atoms with Crippen LogP contribution in [-0.4, -0.2) is 19.0 Å². The van der Waals surface area contributed by atoms with E-state index in [1.54, 1.807) is 18.2 Å². The van der Waals surface area contributed by atoms with Crippen molar-refractivity contribution < 1.29 is 9.18 Å². The SMILES string of the molecule is O=C(Nc1ccc(N2CCCC2)cc1)C1(c2ccccc2F)CCC1. The van der Waals surface area contributed by atoms with Crippen molar-refractivity contribution in [2.75, 3.05) is 23.3 Å². The number of halogens is 1. The zero-order valence-electron chi connectivity index (χ0n) is 14.3. The van der Waals surface area contributed by atoms with Crippen molar-refractivity contribution in [3.63, 3.8) is 0 Å². The van der Waals surface area contributed by atoms with E-state index < -0.39 is 5.41 Å². The van der Waals surface area contributed by atoms with E-state index in [1.165, 1.54) is 24.6 Å². The summed E-state index contributed by atoms with van der Waals surface area (Å²) < 4.78 is 14.2. The number of hydrogen-bond donors (Lipinski definition) is 1. The Morgan fingerprint density at radius 1 is 0.960 bits per heavy atom. The van der Waals surface area contributed by atoms with Gasteiger partial charge in [-0.1, -0.05) is 24.6 Å². The van der Waals surface area contributed by atoms with Crippen molar-refractivity contribution in [2.24, 2.45) is 0 Å². The molecule has 2 aromatic rings. The highest BCUT2D eigenvalue weighted by Crippen LogP contribution is 2.45. The molecule has 1 aliphatic heterocycles. The van der Waals surface area contributed by atoms with Crippen LogP contribution in [0.5, 0.6) is 0 Å². The lowest BCUT2D eigenvalue weighted by Gasteiger charge is -2.40. The monoisotopic (exact) mass is 338 g/mol. The topological polar surface area (TPSA) is 32.3 Å². The van der Waals surface area contributed by atoms with Crippen LogP contribution in [0.2, 0.25) is 0 Å². The van der Waals surface area contributed by atoms with Crippen molar-refractivity contribution >= 4 is 17.3 Å². The molecular weight excluding hydrogens is 315 g/mol. The van der Waals surface area contributed by atoms with Gasteiger partial charge in [-0.15, -0.1) is 0 Å². The summed E-state index contributed by atoms with van der Waals surface area (Å²) in [6.45, 7) is 2.20. The number of carbonyl (C=O) groups excluding carboxylic acids is 1. The molecule has 130 valence electrons. The number of nitrogens with zero attached hydrogens (tertiary/aromatic N) is 1. The number of rotatable bonds is 4. The van der Waals surface area contributed by atoms with Crippen LogP contribution in [0.15, 0.2) is 48.5 Å². The molecule has 2 fully saturated rings. The van der Waals surface area contributed by atoms with Gasteiger partial charge < -0.3 is 10.2 Å². The van der Waals surface area contributed by atoms with Crippen LogP contribution in [-0.2, 0) is 10.2 Å². The summed E-state index contributed by atoms with van der Waals surface area (Å²) in [5.41, 5.74) is 1.77. The Labute approximate surface area is 147 Å². The van der Waals surface area contributed by atoms with Gasteiger partial charge in [-0.2, -0.15) is 0 Å². The Balaban J connectivity index is 1.52. The Hall–Kier alpha value is -2.36. The van der Waals surface area contributed by atoms with Gasteiger partial charge in [0.15, 0.2) is 0 Å². The van der Waals surface area contributed by atoms with Gasteiger partial charge >= 0.3 is 0 Å². The van der Waals surface area contributed by atoms with Gasteiger partial charge in [-0.3, -0.25) is 4.79 Å². The predicted molar refractivity (Wildman–Crippen MR) is 98.4 cm³/mol. The largest absolute Gasteiger partial charge is 0.372 e. The first-order valence-electron chi connectivity index (χ1n) is 9.10. The maximum Gasteiger partial charge on any atom is 0.235 e. The number of anilines is 2. The lowest BCUT2D eigenvalue weighted by molar-refractivity contribution is -0.124. The molecule has 1 amide bonds. The summed E-state index contributed by atoms with van der Waals surface area (Å²) in [7, 11) is 0. The van der Waals surface area contributed by atoms with Crippen LogP contribution in [0.25, 0.3) is 0 Å². The second kappa shape index (κ2) is 6.51. The second-order valence-corrected chi connectivity index (χ2v) is 7.11. The molecule has 0 aromatic heterocycles. The molecule has 0 unspecified atom stereocenters. The van der Waals surface area contributed by atoms with Crippen LogP contribution < -0.4 is 10.2 Å². The van der Waals surface area contributed by atoms with E-state index in [0.29, 0.717) is 18.4 Å². The Morgan fingerprint density at radius 3 is 2.24 bits per heavy atom. The second-order valence-electron chi connectivity index (χ2n) is 7.11. The van der Waals surface area contributed by atoms with Crippen LogP contribution in [0.3, 0.4) is 0 Å². The molecule has 4 rings (SSSR count). The van der Waals surface area contributed by atoms with Gasteiger partial charge in [0.1, 0.15) is 5.82 Å². The molecule has 1 saturated heterocycles. The molecule has 25 heavy (non-hydrogen) atoms. The van der Waals surface area contributed by atoms with Crippen LogP contribution in [0.4, 0.5) is 15.8 Å². The molecule has 4 heteroatoms. The highest BCUT2D eigenvalue weighted by molar-refractivity contribution is 6.00. The van der Waals surface area contributed by atoms with Gasteiger partial charge in [-0.05, 0) is 56.0 Å². The van der Waals surface area contributed by atoms with E-state index >= 15 is 0 Å². The first-order valence-corrected chi connectivity index (χ1v) is 9.10. The number of benzene rings is 2. The highest BCUT2D eigenvalue weighted by Gasteiger charge is 2.47. The van der Waals surface area contributed by atoms with Gasteiger partial charge in [0.2, 0.25) is 5.91 Å². The van der Waals surface area contributed by atoms with E-state index in [-0.39, 0.29) is 11.7 Å². The van der Waals surface area contributed by atoms with Crippen LogP contribution in [0, 0.1) is 5.82 Å². The third-order valence-corrected chi connectivity index (χ3v) is 5.63. The average Bonchev–Trinajstić information content (AvgIpc) is 3.11. The van der Waals surface area contributed by atoms with Gasteiger partial charge in [-0.25, -0.2) is 4.39 Å². The van der Waals surface area contributed by atoms with E-state index in [9.17, 15) is 9.18 Å². The van der Waals surface area contributed by atoms with Crippen molar-refractivity contribution in [3.8, 4) is 0 Å². The standard InChI is InChI=1S/C21H23FN2O/c22-19-7-2-1-6-18(19)21(12-5-13-21)20(25)23-16-8-10-17(11-9-16)24-14-3-4-15-24/h1-2,6-11H,3-5,12-15H2,(H,23,25). The minimum Gasteiger partial charge on any atom is -0.372 e. The van der Waals surface area contributed by atoms with Crippen LogP contribution in [0.1, 0.15) is 37.7 Å². The zero-order chi connectivity index (χ0) is 17.3. The third kappa shape index (κ3) is 2.90. The molecule has 1 aliphatic carbocycles.